The van der Waals surface area contributed by atoms with Crippen molar-refractivity contribution >= 4 is 17.3 Å². The fourth-order valence-corrected chi connectivity index (χ4v) is 2.82. The highest BCUT2D eigenvalue weighted by Gasteiger charge is 2.65. The number of anilines is 2. The zero-order valence-electron chi connectivity index (χ0n) is 13.2. The lowest BCUT2D eigenvalue weighted by Gasteiger charge is -2.17. The third kappa shape index (κ3) is 2.13. The molecule has 0 spiro atoms. The van der Waals surface area contributed by atoms with Gasteiger partial charge in [-0.15, -0.1) is 0 Å². The summed E-state index contributed by atoms with van der Waals surface area (Å²) in [5.74, 6) is -0.0104. The van der Waals surface area contributed by atoms with Gasteiger partial charge in [0.15, 0.2) is 0 Å². The van der Waals surface area contributed by atoms with Crippen LogP contribution in [0.1, 0.15) is 38.1 Å². The van der Waals surface area contributed by atoms with E-state index in [0.29, 0.717) is 17.3 Å². The van der Waals surface area contributed by atoms with Gasteiger partial charge >= 0.3 is 0 Å². The molecule has 0 bridgehead atoms. The van der Waals surface area contributed by atoms with Gasteiger partial charge in [-0.25, -0.2) is 0 Å². The highest BCUT2D eigenvalue weighted by molar-refractivity contribution is 6.00. The van der Waals surface area contributed by atoms with Crippen LogP contribution in [0.2, 0.25) is 0 Å². The van der Waals surface area contributed by atoms with Crippen LogP contribution in [0.3, 0.4) is 0 Å². The Morgan fingerprint density at radius 3 is 2.20 bits per heavy atom. The van der Waals surface area contributed by atoms with Crippen molar-refractivity contribution in [2.24, 2.45) is 10.8 Å². The summed E-state index contributed by atoms with van der Waals surface area (Å²) in [6.07, 6.45) is 0. The van der Waals surface area contributed by atoms with E-state index in [2.05, 4.69) is 33.0 Å². The molecule has 0 unspecified atom stereocenters. The SMILES string of the molecule is CN(C)C(=O)c1ccc(N)cc1NC1C(C)(C)C1(C)C. The van der Waals surface area contributed by atoms with E-state index in [9.17, 15) is 4.79 Å². The second kappa shape index (κ2) is 4.40. The molecule has 1 fully saturated rings. The summed E-state index contributed by atoms with van der Waals surface area (Å²) in [6, 6.07) is 5.75. The van der Waals surface area contributed by atoms with E-state index in [1.54, 1.807) is 31.1 Å². The summed E-state index contributed by atoms with van der Waals surface area (Å²) in [7, 11) is 3.51. The molecular weight excluding hydrogens is 250 g/mol. The molecule has 110 valence electrons. The molecule has 0 radical (unpaired) electrons. The van der Waals surface area contributed by atoms with E-state index < -0.39 is 0 Å². The summed E-state index contributed by atoms with van der Waals surface area (Å²) in [5.41, 5.74) is 8.44. The van der Waals surface area contributed by atoms with Crippen LogP contribution >= 0.6 is 0 Å². The molecule has 20 heavy (non-hydrogen) atoms. The van der Waals surface area contributed by atoms with E-state index in [1.807, 2.05) is 6.07 Å². The monoisotopic (exact) mass is 275 g/mol. The Hall–Kier alpha value is -1.71. The lowest BCUT2D eigenvalue weighted by Crippen LogP contribution is -2.24. The molecule has 0 saturated heterocycles. The number of hydrogen-bond donors (Lipinski definition) is 2. The average Bonchev–Trinajstić information content (AvgIpc) is 2.71. The lowest BCUT2D eigenvalue weighted by atomic mass is 10.0. The van der Waals surface area contributed by atoms with Crippen LogP contribution in [0.25, 0.3) is 0 Å². The molecule has 1 aliphatic carbocycles. The molecule has 1 aromatic carbocycles. The van der Waals surface area contributed by atoms with Gasteiger partial charge in [0.2, 0.25) is 0 Å². The summed E-state index contributed by atoms with van der Waals surface area (Å²) in [4.78, 5) is 13.8. The molecule has 4 nitrogen and oxygen atoms in total. The number of carbonyl (C=O) groups is 1. The van der Waals surface area contributed by atoms with Crippen molar-refractivity contribution in [3.05, 3.63) is 23.8 Å². The van der Waals surface area contributed by atoms with Crippen molar-refractivity contribution in [2.45, 2.75) is 33.7 Å². The van der Waals surface area contributed by atoms with Crippen molar-refractivity contribution < 1.29 is 4.79 Å². The molecule has 0 aromatic heterocycles. The standard InChI is InChI=1S/C16H25N3O/c1-15(2)14(16(15,3)4)18-12-9-10(17)7-8-11(12)13(20)19(5)6/h7-9,14,18H,17H2,1-6H3. The van der Waals surface area contributed by atoms with Crippen molar-refractivity contribution in [1.82, 2.24) is 4.90 Å². The molecule has 2 rings (SSSR count). The number of nitrogens with two attached hydrogens (primary N) is 1. The van der Waals surface area contributed by atoms with Crippen molar-refractivity contribution in [3.63, 3.8) is 0 Å². The van der Waals surface area contributed by atoms with Crippen LogP contribution in [-0.4, -0.2) is 30.9 Å². The molecule has 0 aliphatic heterocycles. The predicted octanol–water partition coefficient (Wildman–Crippen LogP) is 2.82. The molecule has 0 heterocycles. The minimum absolute atomic E-state index is 0.0104. The fraction of sp³-hybridized carbons (Fsp3) is 0.562. The number of carbonyl (C=O) groups excluding carboxylic acids is 1. The zero-order valence-corrected chi connectivity index (χ0v) is 13.2. The van der Waals surface area contributed by atoms with Gasteiger partial charge in [-0.2, -0.15) is 0 Å². The van der Waals surface area contributed by atoms with Gasteiger partial charge < -0.3 is 16.0 Å². The van der Waals surface area contributed by atoms with Crippen LogP contribution in [-0.2, 0) is 0 Å². The third-order valence-electron chi connectivity index (χ3n) is 5.00. The van der Waals surface area contributed by atoms with Gasteiger partial charge in [0.25, 0.3) is 5.91 Å². The van der Waals surface area contributed by atoms with Gasteiger partial charge in [-0.1, -0.05) is 27.7 Å². The van der Waals surface area contributed by atoms with Crippen LogP contribution in [0.4, 0.5) is 11.4 Å². The Balaban J connectivity index is 2.33. The number of nitrogens with one attached hydrogen (secondary N) is 1. The maximum atomic E-state index is 12.2. The molecule has 1 amide bonds. The number of rotatable bonds is 3. The van der Waals surface area contributed by atoms with Gasteiger partial charge in [-0.3, -0.25) is 4.79 Å². The summed E-state index contributed by atoms with van der Waals surface area (Å²) >= 11 is 0. The second-order valence-corrected chi connectivity index (χ2v) is 7.03. The normalized spacial score (nSPS) is 19.5. The maximum Gasteiger partial charge on any atom is 0.255 e. The maximum absolute atomic E-state index is 12.2. The van der Waals surface area contributed by atoms with Gasteiger partial charge in [0.1, 0.15) is 0 Å². The summed E-state index contributed by atoms with van der Waals surface area (Å²) < 4.78 is 0. The topological polar surface area (TPSA) is 58.4 Å². The molecule has 1 aromatic rings. The first kappa shape index (κ1) is 14.7. The van der Waals surface area contributed by atoms with Crippen molar-refractivity contribution in [1.29, 1.82) is 0 Å². The van der Waals surface area contributed by atoms with Crippen molar-refractivity contribution in [3.8, 4) is 0 Å². The number of benzene rings is 1. The number of amides is 1. The Morgan fingerprint density at radius 2 is 1.75 bits per heavy atom. The number of hydrogen-bond acceptors (Lipinski definition) is 3. The minimum atomic E-state index is -0.0104. The lowest BCUT2D eigenvalue weighted by molar-refractivity contribution is 0.0828. The van der Waals surface area contributed by atoms with Crippen LogP contribution < -0.4 is 11.1 Å². The quantitative estimate of drug-likeness (QED) is 0.834. The highest BCUT2D eigenvalue weighted by atomic mass is 16.2. The van der Waals surface area contributed by atoms with Crippen LogP contribution in [0, 0.1) is 10.8 Å². The van der Waals surface area contributed by atoms with E-state index in [1.165, 1.54) is 0 Å². The molecule has 1 aliphatic rings. The van der Waals surface area contributed by atoms with E-state index in [-0.39, 0.29) is 16.7 Å². The van der Waals surface area contributed by atoms with E-state index in [0.717, 1.165) is 5.69 Å². The Morgan fingerprint density at radius 1 is 1.20 bits per heavy atom. The Kier molecular flexibility index (Phi) is 3.23. The van der Waals surface area contributed by atoms with Crippen LogP contribution in [0.15, 0.2) is 18.2 Å². The fourth-order valence-electron chi connectivity index (χ4n) is 2.82. The highest BCUT2D eigenvalue weighted by Crippen LogP contribution is 2.63. The van der Waals surface area contributed by atoms with Crippen LogP contribution in [0.5, 0.6) is 0 Å². The zero-order chi connectivity index (χ0) is 15.3. The van der Waals surface area contributed by atoms with Gasteiger partial charge in [-0.05, 0) is 29.0 Å². The smallest absolute Gasteiger partial charge is 0.255 e. The largest absolute Gasteiger partial charge is 0.399 e. The summed E-state index contributed by atoms with van der Waals surface area (Å²) in [5, 5.41) is 3.51. The minimum Gasteiger partial charge on any atom is -0.399 e. The first-order valence-corrected chi connectivity index (χ1v) is 6.96. The Bertz CT molecular complexity index is 533. The predicted molar refractivity (Wildman–Crippen MR) is 83.8 cm³/mol. The molecular formula is C16H25N3O. The first-order chi connectivity index (χ1) is 9.09. The first-order valence-electron chi connectivity index (χ1n) is 6.96. The molecule has 3 N–H and O–H groups in total. The average molecular weight is 275 g/mol. The summed E-state index contributed by atoms with van der Waals surface area (Å²) in [6.45, 7) is 8.96. The number of nitrogens with zero attached hydrogens (tertiary/aromatic N) is 1. The van der Waals surface area contributed by atoms with E-state index in [4.69, 9.17) is 5.73 Å². The molecule has 0 atom stereocenters. The van der Waals surface area contributed by atoms with E-state index >= 15 is 0 Å². The van der Waals surface area contributed by atoms with Crippen molar-refractivity contribution in [2.75, 3.05) is 25.1 Å². The van der Waals surface area contributed by atoms with Gasteiger partial charge in [0, 0.05) is 31.5 Å². The second-order valence-electron chi connectivity index (χ2n) is 7.03. The molecule has 4 heteroatoms. The van der Waals surface area contributed by atoms with Gasteiger partial charge in [0.05, 0.1) is 5.56 Å². The Labute approximate surface area is 121 Å². The number of nitrogen functional groups attached to an aromatic ring is 1. The molecule has 1 saturated carbocycles. The third-order valence-corrected chi connectivity index (χ3v) is 5.00.